The molecular weight excluding hydrogens is 653 g/mol. The fourth-order valence-corrected chi connectivity index (χ4v) is 8.22. The average Bonchev–Trinajstić information content (AvgIpc) is 3.25. The Balaban J connectivity index is 0.996. The molecule has 0 radical (unpaired) electrons. The van der Waals surface area contributed by atoms with Crippen LogP contribution in [0, 0.1) is 0 Å². The Kier molecular flexibility index (Phi) is 8.00. The third-order valence-corrected chi connectivity index (χ3v) is 10.9. The predicted octanol–water partition coefficient (Wildman–Crippen LogP) is 14.4. The van der Waals surface area contributed by atoms with E-state index in [1.54, 1.807) is 0 Å². The first-order chi connectivity index (χ1) is 26.8. The number of nitrogens with zero attached hydrogens (tertiary/aromatic N) is 2. The maximum atomic E-state index is 2.43. The van der Waals surface area contributed by atoms with Crippen molar-refractivity contribution in [3.05, 3.63) is 217 Å². The zero-order valence-electron chi connectivity index (χ0n) is 29.9. The van der Waals surface area contributed by atoms with Crippen LogP contribution in [0.2, 0.25) is 0 Å². The van der Waals surface area contributed by atoms with Crippen molar-refractivity contribution < 1.29 is 0 Å². The van der Waals surface area contributed by atoms with Crippen molar-refractivity contribution in [3.8, 4) is 11.1 Å². The molecule has 0 fully saturated rings. The molecule has 0 amide bonds. The molecule has 1 aliphatic rings. The van der Waals surface area contributed by atoms with Gasteiger partial charge in [0.2, 0.25) is 0 Å². The highest BCUT2D eigenvalue weighted by Crippen LogP contribution is 2.41. The summed E-state index contributed by atoms with van der Waals surface area (Å²) in [5.41, 5.74) is 12.2. The highest BCUT2D eigenvalue weighted by atomic mass is 15.2. The number of allylic oxidation sites excluding steroid dienone is 1. The number of rotatable bonds is 7. The van der Waals surface area contributed by atoms with Gasteiger partial charge in [-0.05, 0) is 134 Å². The third-order valence-electron chi connectivity index (χ3n) is 10.9. The van der Waals surface area contributed by atoms with Crippen molar-refractivity contribution in [1.29, 1.82) is 0 Å². The maximum absolute atomic E-state index is 2.43. The van der Waals surface area contributed by atoms with Crippen LogP contribution < -0.4 is 9.80 Å². The van der Waals surface area contributed by atoms with Crippen molar-refractivity contribution in [2.45, 2.75) is 12.8 Å². The van der Waals surface area contributed by atoms with E-state index in [1.165, 1.54) is 66.0 Å². The Labute approximate surface area is 316 Å². The summed E-state index contributed by atoms with van der Waals surface area (Å²) in [6, 6.07) is 72.7. The highest BCUT2D eigenvalue weighted by Gasteiger charge is 2.21. The fraction of sp³-hybridized carbons (Fsp3) is 0.0385. The molecule has 54 heavy (non-hydrogen) atoms. The third kappa shape index (κ3) is 5.79. The molecule has 0 aliphatic heterocycles. The van der Waals surface area contributed by atoms with Gasteiger partial charge in [0.25, 0.3) is 0 Å². The van der Waals surface area contributed by atoms with Gasteiger partial charge in [0.1, 0.15) is 0 Å². The van der Waals surface area contributed by atoms with Crippen LogP contribution in [0.5, 0.6) is 0 Å². The topological polar surface area (TPSA) is 6.48 Å². The van der Waals surface area contributed by atoms with Gasteiger partial charge in [-0.3, -0.25) is 0 Å². The van der Waals surface area contributed by atoms with Crippen molar-refractivity contribution in [1.82, 2.24) is 0 Å². The summed E-state index contributed by atoms with van der Waals surface area (Å²) >= 11 is 0. The van der Waals surface area contributed by atoms with Gasteiger partial charge < -0.3 is 9.80 Å². The molecule has 9 aromatic rings. The monoisotopic (exact) mass is 690 g/mol. The van der Waals surface area contributed by atoms with E-state index in [0.29, 0.717) is 0 Å². The largest absolute Gasteiger partial charge is 0.314 e. The number of para-hydroxylation sites is 2. The van der Waals surface area contributed by atoms with Crippen LogP contribution in [0.15, 0.2) is 206 Å². The fourth-order valence-electron chi connectivity index (χ4n) is 8.22. The van der Waals surface area contributed by atoms with Crippen LogP contribution in [0.25, 0.3) is 49.5 Å². The number of benzene rings is 9. The minimum absolute atomic E-state index is 0.981. The van der Waals surface area contributed by atoms with Gasteiger partial charge in [0.15, 0.2) is 0 Å². The number of hydrogen-bond donors (Lipinski definition) is 0. The molecule has 0 unspecified atom stereocenters. The standard InChI is InChI=1S/C52H38N2/c1-3-13-43(14-4-1)53(47-33-27-41-21-19-39-11-7-9-17-49(39)51(41)35-47)45-29-23-37(24-30-45)38-25-31-46(32-26-38)54(44-15-5-2-6-16-44)48-34-28-42-22-20-40-12-8-10-18-50(40)52(42)36-48/h1-27,29-33,35-36H,28,34H2. The average molecular weight is 691 g/mol. The lowest BCUT2D eigenvalue weighted by molar-refractivity contribution is 0.896. The number of anilines is 5. The quantitative estimate of drug-likeness (QED) is 0.154. The molecule has 9 aromatic carbocycles. The first-order valence-corrected chi connectivity index (χ1v) is 18.8. The van der Waals surface area contributed by atoms with Crippen LogP contribution in [-0.2, 0) is 6.42 Å². The van der Waals surface area contributed by atoms with Crippen molar-refractivity contribution in [2.24, 2.45) is 0 Å². The molecule has 256 valence electrons. The zero-order valence-corrected chi connectivity index (χ0v) is 29.9. The van der Waals surface area contributed by atoms with Gasteiger partial charge in [-0.2, -0.15) is 0 Å². The van der Waals surface area contributed by atoms with Crippen LogP contribution in [0.3, 0.4) is 0 Å². The van der Waals surface area contributed by atoms with E-state index in [-0.39, 0.29) is 0 Å². The Morgan fingerprint density at radius 2 is 0.778 bits per heavy atom. The van der Waals surface area contributed by atoms with Crippen LogP contribution >= 0.6 is 0 Å². The van der Waals surface area contributed by atoms with Gasteiger partial charge in [0, 0.05) is 34.1 Å². The Morgan fingerprint density at radius 1 is 0.315 bits per heavy atom. The summed E-state index contributed by atoms with van der Waals surface area (Å²) in [5, 5.41) is 7.63. The Morgan fingerprint density at radius 3 is 1.44 bits per heavy atom. The van der Waals surface area contributed by atoms with Gasteiger partial charge in [-0.1, -0.05) is 140 Å². The summed E-state index contributed by atoms with van der Waals surface area (Å²) in [6.07, 6.45) is 4.42. The maximum Gasteiger partial charge on any atom is 0.0468 e. The smallest absolute Gasteiger partial charge is 0.0468 e. The minimum atomic E-state index is 0.981. The summed E-state index contributed by atoms with van der Waals surface area (Å²) < 4.78 is 0. The van der Waals surface area contributed by atoms with E-state index < -0.39 is 0 Å². The predicted molar refractivity (Wildman–Crippen MR) is 230 cm³/mol. The molecule has 0 saturated carbocycles. The molecule has 0 saturated heterocycles. The molecule has 2 heteroatoms. The van der Waals surface area contributed by atoms with Gasteiger partial charge in [-0.25, -0.2) is 0 Å². The second kappa shape index (κ2) is 13.6. The van der Waals surface area contributed by atoms with E-state index >= 15 is 0 Å². The molecule has 2 nitrogen and oxygen atoms in total. The number of aryl methyl sites for hydroxylation is 1. The van der Waals surface area contributed by atoms with Crippen LogP contribution in [-0.4, -0.2) is 0 Å². The Hall–Kier alpha value is -6.90. The number of hydrogen-bond acceptors (Lipinski definition) is 2. The van der Waals surface area contributed by atoms with Gasteiger partial charge in [-0.15, -0.1) is 0 Å². The SMILES string of the molecule is C1=C(N(c2ccccc2)c2ccc(-c3ccc(N(c4ccccc4)c4ccc5ccc6ccccc6c5c4)cc3)cc2)CCc2ccc3ccccc3c21. The molecule has 0 aromatic heterocycles. The lowest BCUT2D eigenvalue weighted by atomic mass is 9.90. The number of fused-ring (bicyclic) bond motifs is 6. The van der Waals surface area contributed by atoms with E-state index in [1.807, 2.05) is 0 Å². The lowest BCUT2D eigenvalue weighted by Gasteiger charge is -2.31. The zero-order chi connectivity index (χ0) is 35.8. The molecule has 0 atom stereocenters. The first kappa shape index (κ1) is 31.8. The summed E-state index contributed by atoms with van der Waals surface area (Å²) in [5.74, 6) is 0. The van der Waals surface area contributed by atoms with Gasteiger partial charge in [0.05, 0.1) is 0 Å². The molecular formula is C52H38N2. The van der Waals surface area contributed by atoms with E-state index in [4.69, 9.17) is 0 Å². The normalized spacial score (nSPS) is 12.4. The van der Waals surface area contributed by atoms with Crippen LogP contribution in [0.1, 0.15) is 17.5 Å². The molecule has 0 spiro atoms. The second-order valence-corrected chi connectivity index (χ2v) is 14.1. The van der Waals surface area contributed by atoms with E-state index in [2.05, 4.69) is 216 Å². The van der Waals surface area contributed by atoms with Crippen molar-refractivity contribution >= 4 is 66.8 Å². The summed E-state index contributed by atoms with van der Waals surface area (Å²) in [6.45, 7) is 0. The van der Waals surface area contributed by atoms with E-state index in [9.17, 15) is 0 Å². The highest BCUT2D eigenvalue weighted by molar-refractivity contribution is 6.09. The molecule has 10 rings (SSSR count). The van der Waals surface area contributed by atoms with Crippen molar-refractivity contribution in [2.75, 3.05) is 9.80 Å². The molecule has 1 aliphatic carbocycles. The second-order valence-electron chi connectivity index (χ2n) is 14.1. The molecule has 0 N–H and O–H groups in total. The van der Waals surface area contributed by atoms with Gasteiger partial charge >= 0.3 is 0 Å². The molecule has 0 bridgehead atoms. The lowest BCUT2D eigenvalue weighted by Crippen LogP contribution is -2.19. The molecule has 0 heterocycles. The minimum Gasteiger partial charge on any atom is -0.314 e. The Bertz CT molecular complexity index is 2800. The first-order valence-electron chi connectivity index (χ1n) is 18.8. The van der Waals surface area contributed by atoms with Crippen LogP contribution in [0.4, 0.5) is 28.4 Å². The van der Waals surface area contributed by atoms with E-state index in [0.717, 1.165) is 35.6 Å². The summed E-state index contributed by atoms with van der Waals surface area (Å²) in [7, 11) is 0. The van der Waals surface area contributed by atoms with Crippen molar-refractivity contribution in [3.63, 3.8) is 0 Å². The summed E-state index contributed by atoms with van der Waals surface area (Å²) in [4.78, 5) is 4.78.